The highest BCUT2D eigenvalue weighted by atomic mass is 35.5. The van der Waals surface area contributed by atoms with Crippen LogP contribution in [0, 0.1) is 0 Å². The fourth-order valence-electron chi connectivity index (χ4n) is 2.25. The molecule has 1 heterocycles. The first kappa shape index (κ1) is 18.2. The van der Waals surface area contributed by atoms with Crippen molar-refractivity contribution < 1.29 is 0 Å². The van der Waals surface area contributed by atoms with E-state index in [9.17, 15) is 0 Å². The zero-order chi connectivity index (χ0) is 15.7. The Hall–Kier alpha value is -0.800. The molecule has 0 amide bonds. The van der Waals surface area contributed by atoms with Crippen LogP contribution < -0.4 is 10.2 Å². The van der Waals surface area contributed by atoms with Gasteiger partial charge < -0.3 is 10.2 Å². The third-order valence-corrected chi connectivity index (χ3v) is 4.14. The second-order valence-electron chi connectivity index (χ2n) is 5.58. The number of pyridine rings is 1. The number of unbranched alkanes of at least 4 members (excludes halogenated alkanes) is 1. The van der Waals surface area contributed by atoms with Gasteiger partial charge in [-0.25, -0.2) is 4.98 Å². The molecule has 1 atom stereocenters. The lowest BCUT2D eigenvalue weighted by Gasteiger charge is -2.30. The van der Waals surface area contributed by atoms with Crippen molar-refractivity contribution >= 4 is 17.4 Å². The van der Waals surface area contributed by atoms with Crippen LogP contribution in [-0.2, 0) is 6.54 Å². The largest absolute Gasteiger partial charge is 0.354 e. The van der Waals surface area contributed by atoms with E-state index in [1.807, 2.05) is 12.1 Å². The van der Waals surface area contributed by atoms with Crippen molar-refractivity contribution in [3.8, 4) is 0 Å². The molecule has 0 aliphatic carbocycles. The van der Waals surface area contributed by atoms with E-state index in [2.05, 4.69) is 37.9 Å². The van der Waals surface area contributed by atoms with Crippen LogP contribution in [0.25, 0.3) is 0 Å². The minimum atomic E-state index is 0.502. The average molecular weight is 312 g/mol. The van der Waals surface area contributed by atoms with Gasteiger partial charge in [0.2, 0.25) is 0 Å². The molecule has 0 fully saturated rings. The van der Waals surface area contributed by atoms with E-state index in [-0.39, 0.29) is 0 Å². The zero-order valence-electron chi connectivity index (χ0n) is 14.0. The molecule has 1 unspecified atom stereocenters. The lowest BCUT2D eigenvalue weighted by atomic mass is 10.2. The second kappa shape index (κ2) is 10.0. The Kier molecular flexibility index (Phi) is 8.70. The first-order chi connectivity index (χ1) is 10.1. The van der Waals surface area contributed by atoms with E-state index in [0.29, 0.717) is 6.04 Å². The van der Waals surface area contributed by atoms with Gasteiger partial charge in [-0.3, -0.25) is 0 Å². The summed E-state index contributed by atoms with van der Waals surface area (Å²) in [6, 6.07) is 4.53. The highest BCUT2D eigenvalue weighted by Gasteiger charge is 2.15. The van der Waals surface area contributed by atoms with Gasteiger partial charge in [-0.05, 0) is 44.9 Å². The molecule has 0 saturated heterocycles. The van der Waals surface area contributed by atoms with Crippen LogP contribution >= 0.6 is 11.6 Å². The van der Waals surface area contributed by atoms with E-state index < -0.39 is 0 Å². The number of nitrogens with one attached hydrogen (secondary N) is 1. The summed E-state index contributed by atoms with van der Waals surface area (Å²) >= 11 is 6.28. The lowest BCUT2D eigenvalue weighted by molar-refractivity contribution is 0.586. The second-order valence-corrected chi connectivity index (χ2v) is 5.99. The molecule has 0 aliphatic rings. The van der Waals surface area contributed by atoms with Gasteiger partial charge in [0.15, 0.2) is 0 Å². The summed E-state index contributed by atoms with van der Waals surface area (Å²) in [5.41, 5.74) is 0.951. The fourth-order valence-corrected chi connectivity index (χ4v) is 2.42. The number of anilines is 1. The van der Waals surface area contributed by atoms with E-state index >= 15 is 0 Å². The van der Waals surface area contributed by atoms with Crippen LogP contribution in [0.2, 0.25) is 5.02 Å². The summed E-state index contributed by atoms with van der Waals surface area (Å²) in [5, 5.41) is 4.13. The summed E-state index contributed by atoms with van der Waals surface area (Å²) in [4.78, 5) is 7.20. The maximum Gasteiger partial charge on any atom is 0.129 e. The number of halogens is 1. The molecule has 4 heteroatoms. The Morgan fingerprint density at radius 1 is 1.24 bits per heavy atom. The molecule has 0 aliphatic heterocycles. The number of aromatic nitrogens is 1. The predicted molar refractivity (Wildman–Crippen MR) is 93.3 cm³/mol. The van der Waals surface area contributed by atoms with Crippen molar-refractivity contribution in [1.29, 1.82) is 0 Å². The van der Waals surface area contributed by atoms with Crippen molar-refractivity contribution in [3.05, 3.63) is 22.8 Å². The summed E-state index contributed by atoms with van der Waals surface area (Å²) < 4.78 is 0. The molecule has 3 nitrogen and oxygen atoms in total. The van der Waals surface area contributed by atoms with Crippen molar-refractivity contribution in [1.82, 2.24) is 10.3 Å². The zero-order valence-corrected chi connectivity index (χ0v) is 14.7. The first-order valence-electron chi connectivity index (χ1n) is 8.26. The molecule has 0 spiro atoms. The molecule has 0 saturated carbocycles. The number of nitrogens with zero attached hydrogens (tertiary/aromatic N) is 2. The van der Waals surface area contributed by atoms with Crippen LogP contribution in [0.15, 0.2) is 12.1 Å². The molecule has 0 radical (unpaired) electrons. The minimum Gasteiger partial charge on any atom is -0.354 e. The van der Waals surface area contributed by atoms with Gasteiger partial charge in [0, 0.05) is 19.1 Å². The topological polar surface area (TPSA) is 28.2 Å². The molecule has 1 aromatic heterocycles. The van der Waals surface area contributed by atoms with E-state index in [0.717, 1.165) is 49.0 Å². The number of rotatable bonds is 10. The SMILES string of the molecule is CCCCN(c1ccc(Cl)c(CNCCC)n1)C(C)CC. The summed E-state index contributed by atoms with van der Waals surface area (Å²) in [5.74, 6) is 1.05. The molecule has 1 N–H and O–H groups in total. The Morgan fingerprint density at radius 3 is 2.62 bits per heavy atom. The van der Waals surface area contributed by atoms with Crippen LogP contribution in [0.3, 0.4) is 0 Å². The Labute approximate surface area is 135 Å². The lowest BCUT2D eigenvalue weighted by Crippen LogP contribution is -2.34. The molecule has 120 valence electrons. The molecule has 1 aromatic rings. The smallest absolute Gasteiger partial charge is 0.129 e. The van der Waals surface area contributed by atoms with E-state index in [4.69, 9.17) is 16.6 Å². The van der Waals surface area contributed by atoms with Gasteiger partial charge in [0.05, 0.1) is 10.7 Å². The number of hydrogen-bond donors (Lipinski definition) is 1. The van der Waals surface area contributed by atoms with Gasteiger partial charge in [-0.1, -0.05) is 38.8 Å². The molecule has 0 bridgehead atoms. The highest BCUT2D eigenvalue weighted by Crippen LogP contribution is 2.22. The Morgan fingerprint density at radius 2 is 2.00 bits per heavy atom. The molecule has 21 heavy (non-hydrogen) atoms. The van der Waals surface area contributed by atoms with Gasteiger partial charge in [-0.15, -0.1) is 0 Å². The predicted octanol–water partition coefficient (Wildman–Crippen LogP) is 4.64. The third kappa shape index (κ3) is 5.84. The average Bonchev–Trinajstić information content (AvgIpc) is 2.50. The summed E-state index contributed by atoms with van der Waals surface area (Å²) in [7, 11) is 0. The maximum absolute atomic E-state index is 6.28. The van der Waals surface area contributed by atoms with Crippen molar-refractivity contribution in [2.24, 2.45) is 0 Å². The molecule has 0 aromatic carbocycles. The maximum atomic E-state index is 6.28. The van der Waals surface area contributed by atoms with Gasteiger partial charge in [0.1, 0.15) is 5.82 Å². The monoisotopic (exact) mass is 311 g/mol. The van der Waals surface area contributed by atoms with Crippen molar-refractivity contribution in [3.63, 3.8) is 0 Å². The van der Waals surface area contributed by atoms with Gasteiger partial charge >= 0.3 is 0 Å². The van der Waals surface area contributed by atoms with Crippen LogP contribution in [0.1, 0.15) is 59.1 Å². The highest BCUT2D eigenvalue weighted by molar-refractivity contribution is 6.31. The molecular formula is C17H30ClN3. The quantitative estimate of drug-likeness (QED) is 0.638. The van der Waals surface area contributed by atoms with E-state index in [1.165, 1.54) is 12.8 Å². The third-order valence-electron chi connectivity index (χ3n) is 3.79. The van der Waals surface area contributed by atoms with Gasteiger partial charge in [-0.2, -0.15) is 0 Å². The standard InChI is InChI=1S/C17H30ClN3/c1-5-8-12-21(14(4)7-3)17-10-9-15(18)16(20-17)13-19-11-6-2/h9-10,14,19H,5-8,11-13H2,1-4H3. The summed E-state index contributed by atoms with van der Waals surface area (Å²) in [6.07, 6.45) is 4.63. The normalized spacial score (nSPS) is 12.4. The Balaban J connectivity index is 2.89. The van der Waals surface area contributed by atoms with Crippen LogP contribution in [0.4, 0.5) is 5.82 Å². The van der Waals surface area contributed by atoms with E-state index in [1.54, 1.807) is 0 Å². The number of hydrogen-bond acceptors (Lipinski definition) is 3. The van der Waals surface area contributed by atoms with Gasteiger partial charge in [0.25, 0.3) is 0 Å². The van der Waals surface area contributed by atoms with Crippen LogP contribution in [0.5, 0.6) is 0 Å². The van der Waals surface area contributed by atoms with Crippen molar-refractivity contribution in [2.75, 3.05) is 18.0 Å². The minimum absolute atomic E-state index is 0.502. The molecule has 1 rings (SSSR count). The van der Waals surface area contributed by atoms with Crippen molar-refractivity contribution in [2.45, 2.75) is 66.0 Å². The van der Waals surface area contributed by atoms with Crippen LogP contribution in [-0.4, -0.2) is 24.1 Å². The first-order valence-corrected chi connectivity index (χ1v) is 8.64. The summed E-state index contributed by atoms with van der Waals surface area (Å²) in [6.45, 7) is 11.7. The Bertz CT molecular complexity index is 409. The molecular weight excluding hydrogens is 282 g/mol. The fraction of sp³-hybridized carbons (Fsp3) is 0.706.